The number of hydrogen-bond donors (Lipinski definition) is 1. The van der Waals surface area contributed by atoms with Gasteiger partial charge in [-0.1, -0.05) is 24.3 Å². The van der Waals surface area contributed by atoms with E-state index in [2.05, 4.69) is 11.7 Å². The Kier molecular flexibility index (Phi) is 4.44. The third kappa shape index (κ3) is 3.48. The Morgan fingerprint density at radius 1 is 1.40 bits per heavy atom. The third-order valence-electron chi connectivity index (χ3n) is 1.79. The summed E-state index contributed by atoms with van der Waals surface area (Å²) in [7, 11) is 0. The Hall–Kier alpha value is -1.74. The van der Waals surface area contributed by atoms with E-state index >= 15 is 0 Å². The summed E-state index contributed by atoms with van der Waals surface area (Å²) >= 11 is 0. The number of aliphatic hydroxyl groups excluding tert-OH is 1. The van der Waals surface area contributed by atoms with Gasteiger partial charge in [0.25, 0.3) is 0 Å². The van der Waals surface area contributed by atoms with Gasteiger partial charge in [-0.05, 0) is 18.9 Å². The molecular weight excluding hydrogens is 193 g/mol. The molecule has 0 saturated heterocycles. The molecule has 0 atom stereocenters. The summed E-state index contributed by atoms with van der Waals surface area (Å²) in [5.74, 6) is -0.339. The summed E-state index contributed by atoms with van der Waals surface area (Å²) in [5, 5.41) is 8.47. The van der Waals surface area contributed by atoms with Gasteiger partial charge in [-0.2, -0.15) is 0 Å². The SMILES string of the molecule is C=Nc1ccc(C=CC=CCO)c(F)c1. The van der Waals surface area contributed by atoms with E-state index in [0.717, 1.165) is 0 Å². The maximum absolute atomic E-state index is 13.3. The van der Waals surface area contributed by atoms with Crippen molar-refractivity contribution < 1.29 is 9.50 Å². The first-order chi connectivity index (χ1) is 7.27. The van der Waals surface area contributed by atoms with E-state index in [1.807, 2.05) is 0 Å². The molecule has 15 heavy (non-hydrogen) atoms. The predicted molar refractivity (Wildman–Crippen MR) is 60.9 cm³/mol. The summed E-state index contributed by atoms with van der Waals surface area (Å²) in [4.78, 5) is 3.62. The maximum Gasteiger partial charge on any atom is 0.132 e. The fraction of sp³-hybridized carbons (Fsp3) is 0.0833. The quantitative estimate of drug-likeness (QED) is 0.595. The molecule has 1 aromatic carbocycles. The molecule has 0 heterocycles. The van der Waals surface area contributed by atoms with Crippen molar-refractivity contribution in [3.63, 3.8) is 0 Å². The zero-order valence-electron chi connectivity index (χ0n) is 8.23. The highest BCUT2D eigenvalue weighted by Gasteiger charge is 1.98. The van der Waals surface area contributed by atoms with Crippen LogP contribution in [0.5, 0.6) is 0 Å². The summed E-state index contributed by atoms with van der Waals surface area (Å²) < 4.78 is 13.3. The van der Waals surface area contributed by atoms with Crippen molar-refractivity contribution in [3.05, 3.63) is 47.8 Å². The minimum atomic E-state index is -0.339. The Labute approximate surface area is 88.1 Å². The van der Waals surface area contributed by atoms with E-state index in [0.29, 0.717) is 11.3 Å². The summed E-state index contributed by atoms with van der Waals surface area (Å²) in [5.41, 5.74) is 0.987. The fourth-order valence-electron chi connectivity index (χ4n) is 1.05. The van der Waals surface area contributed by atoms with Crippen molar-refractivity contribution in [2.45, 2.75) is 0 Å². The first kappa shape index (κ1) is 11.3. The highest BCUT2D eigenvalue weighted by atomic mass is 19.1. The zero-order valence-corrected chi connectivity index (χ0v) is 8.23. The normalized spacial score (nSPS) is 11.3. The van der Waals surface area contributed by atoms with Crippen LogP contribution in [0.15, 0.2) is 41.4 Å². The smallest absolute Gasteiger partial charge is 0.132 e. The minimum Gasteiger partial charge on any atom is -0.392 e. The van der Waals surface area contributed by atoms with Crippen molar-refractivity contribution in [3.8, 4) is 0 Å². The Morgan fingerprint density at radius 3 is 2.80 bits per heavy atom. The van der Waals surface area contributed by atoms with E-state index in [1.165, 1.54) is 6.07 Å². The van der Waals surface area contributed by atoms with Crippen LogP contribution in [0.3, 0.4) is 0 Å². The summed E-state index contributed by atoms with van der Waals surface area (Å²) in [6.45, 7) is 3.29. The van der Waals surface area contributed by atoms with Crippen LogP contribution in [0, 0.1) is 5.82 Å². The van der Waals surface area contributed by atoms with Gasteiger partial charge in [0.15, 0.2) is 0 Å². The fourth-order valence-corrected chi connectivity index (χ4v) is 1.05. The lowest BCUT2D eigenvalue weighted by molar-refractivity contribution is 0.343. The molecule has 1 rings (SSSR count). The third-order valence-corrected chi connectivity index (χ3v) is 1.79. The van der Waals surface area contributed by atoms with Gasteiger partial charge >= 0.3 is 0 Å². The van der Waals surface area contributed by atoms with E-state index in [-0.39, 0.29) is 12.4 Å². The van der Waals surface area contributed by atoms with Crippen LogP contribution >= 0.6 is 0 Å². The number of benzene rings is 1. The first-order valence-corrected chi connectivity index (χ1v) is 4.48. The number of aliphatic hydroxyl groups is 1. The number of allylic oxidation sites excluding steroid dienone is 2. The van der Waals surface area contributed by atoms with Crippen molar-refractivity contribution in [1.29, 1.82) is 0 Å². The number of halogens is 1. The van der Waals surface area contributed by atoms with Crippen molar-refractivity contribution in [1.82, 2.24) is 0 Å². The molecule has 0 amide bonds. The van der Waals surface area contributed by atoms with Crippen molar-refractivity contribution in [2.24, 2.45) is 4.99 Å². The maximum atomic E-state index is 13.3. The molecule has 0 spiro atoms. The van der Waals surface area contributed by atoms with Crippen LogP contribution in [0.2, 0.25) is 0 Å². The Balaban J connectivity index is 2.82. The number of hydrogen-bond acceptors (Lipinski definition) is 2. The number of rotatable bonds is 4. The highest BCUT2D eigenvalue weighted by molar-refractivity contribution is 5.56. The topological polar surface area (TPSA) is 32.6 Å². The Morgan fingerprint density at radius 2 is 2.20 bits per heavy atom. The molecule has 0 radical (unpaired) electrons. The molecular formula is C12H12FNO. The van der Waals surface area contributed by atoms with Gasteiger partial charge in [-0.25, -0.2) is 4.39 Å². The predicted octanol–water partition coefficient (Wildman–Crippen LogP) is 2.72. The van der Waals surface area contributed by atoms with E-state index in [9.17, 15) is 4.39 Å². The molecule has 0 saturated carbocycles. The van der Waals surface area contributed by atoms with Crippen LogP contribution in [0.4, 0.5) is 10.1 Å². The lowest BCUT2D eigenvalue weighted by Gasteiger charge is -1.97. The largest absolute Gasteiger partial charge is 0.392 e. The van der Waals surface area contributed by atoms with Crippen LogP contribution in [-0.4, -0.2) is 18.4 Å². The van der Waals surface area contributed by atoms with E-state index < -0.39 is 0 Å². The lowest BCUT2D eigenvalue weighted by atomic mass is 10.2. The molecule has 3 heteroatoms. The van der Waals surface area contributed by atoms with Gasteiger partial charge < -0.3 is 5.11 Å². The van der Waals surface area contributed by atoms with Gasteiger partial charge in [0.1, 0.15) is 5.82 Å². The second kappa shape index (κ2) is 5.88. The first-order valence-electron chi connectivity index (χ1n) is 4.48. The molecule has 2 nitrogen and oxygen atoms in total. The second-order valence-electron chi connectivity index (χ2n) is 2.83. The van der Waals surface area contributed by atoms with Gasteiger partial charge in [0, 0.05) is 11.6 Å². The van der Waals surface area contributed by atoms with E-state index in [4.69, 9.17) is 5.11 Å². The molecule has 1 aromatic rings. The second-order valence-corrected chi connectivity index (χ2v) is 2.83. The standard InChI is InChI=1S/C12H12FNO/c1-14-11-7-6-10(12(13)9-11)5-3-2-4-8-15/h2-7,9,15H,1,8H2. The number of aliphatic imine (C=N–C) groups is 1. The van der Waals surface area contributed by atoms with Gasteiger partial charge in [0.2, 0.25) is 0 Å². The zero-order chi connectivity index (χ0) is 11.1. The summed E-state index contributed by atoms with van der Waals surface area (Å²) in [6.07, 6.45) is 6.50. The highest BCUT2D eigenvalue weighted by Crippen LogP contribution is 2.17. The van der Waals surface area contributed by atoms with E-state index in [1.54, 1.807) is 36.4 Å². The molecule has 0 aliphatic heterocycles. The van der Waals surface area contributed by atoms with Crippen molar-refractivity contribution >= 4 is 18.5 Å². The molecule has 1 N–H and O–H groups in total. The molecule has 78 valence electrons. The average molecular weight is 205 g/mol. The van der Waals surface area contributed by atoms with Crippen LogP contribution in [0.1, 0.15) is 5.56 Å². The van der Waals surface area contributed by atoms with Gasteiger partial charge in [-0.3, -0.25) is 4.99 Å². The van der Waals surface area contributed by atoms with Crippen LogP contribution in [-0.2, 0) is 0 Å². The van der Waals surface area contributed by atoms with Gasteiger partial charge in [-0.15, -0.1) is 0 Å². The number of nitrogens with zero attached hydrogens (tertiary/aromatic N) is 1. The van der Waals surface area contributed by atoms with Crippen molar-refractivity contribution in [2.75, 3.05) is 6.61 Å². The Bertz CT molecular complexity index is 397. The molecule has 0 aromatic heterocycles. The average Bonchev–Trinajstić information content (AvgIpc) is 2.26. The van der Waals surface area contributed by atoms with Crippen LogP contribution in [0.25, 0.3) is 6.08 Å². The minimum absolute atomic E-state index is 0.0217. The monoisotopic (exact) mass is 205 g/mol. The summed E-state index contributed by atoms with van der Waals surface area (Å²) in [6, 6.07) is 4.64. The molecule has 0 fully saturated rings. The molecule has 0 unspecified atom stereocenters. The lowest BCUT2D eigenvalue weighted by Crippen LogP contribution is -1.80. The molecule has 0 aliphatic carbocycles. The van der Waals surface area contributed by atoms with Gasteiger partial charge in [0.05, 0.1) is 12.3 Å². The molecule has 0 aliphatic rings. The van der Waals surface area contributed by atoms with Crippen LogP contribution < -0.4 is 0 Å². The molecule has 0 bridgehead atoms.